The molecule has 1 saturated heterocycles. The van der Waals surface area contributed by atoms with Crippen LogP contribution in [-0.4, -0.2) is 41.0 Å². The molecule has 1 unspecified atom stereocenters. The molecule has 144 valence electrons. The van der Waals surface area contributed by atoms with Crippen LogP contribution in [0.25, 0.3) is 11.3 Å². The lowest BCUT2D eigenvalue weighted by Crippen LogP contribution is -2.39. The SMILES string of the molecule is COc1ccc(-c2ccc(C(=O)N3CCCC(c4cc(=O)[nH]cn4)C3)o2)cc1. The zero-order valence-corrected chi connectivity index (χ0v) is 15.6. The van der Waals surface area contributed by atoms with Crippen LogP contribution in [0.15, 0.2) is 58.0 Å². The first-order chi connectivity index (χ1) is 13.6. The molecule has 0 spiro atoms. The largest absolute Gasteiger partial charge is 0.497 e. The molecule has 2 aromatic heterocycles. The van der Waals surface area contributed by atoms with Gasteiger partial charge in [-0.05, 0) is 49.2 Å². The summed E-state index contributed by atoms with van der Waals surface area (Å²) < 4.78 is 11.0. The van der Waals surface area contributed by atoms with Crippen molar-refractivity contribution >= 4 is 5.91 Å². The maximum absolute atomic E-state index is 12.9. The Bertz CT molecular complexity index is 1020. The molecular weight excluding hydrogens is 358 g/mol. The summed E-state index contributed by atoms with van der Waals surface area (Å²) in [5.41, 5.74) is 1.42. The molecule has 1 aliphatic rings. The molecule has 7 nitrogen and oxygen atoms in total. The van der Waals surface area contributed by atoms with E-state index in [-0.39, 0.29) is 17.4 Å². The predicted molar refractivity (Wildman–Crippen MR) is 103 cm³/mol. The van der Waals surface area contributed by atoms with Crippen molar-refractivity contribution in [1.29, 1.82) is 0 Å². The number of amides is 1. The zero-order chi connectivity index (χ0) is 19.5. The Labute approximate surface area is 162 Å². The van der Waals surface area contributed by atoms with E-state index in [0.717, 1.165) is 29.8 Å². The highest BCUT2D eigenvalue weighted by Gasteiger charge is 2.28. The van der Waals surface area contributed by atoms with Crippen molar-refractivity contribution in [3.63, 3.8) is 0 Å². The smallest absolute Gasteiger partial charge is 0.289 e. The summed E-state index contributed by atoms with van der Waals surface area (Å²) >= 11 is 0. The summed E-state index contributed by atoms with van der Waals surface area (Å²) in [6, 6.07) is 12.5. The minimum atomic E-state index is -0.177. The molecule has 28 heavy (non-hydrogen) atoms. The first-order valence-corrected chi connectivity index (χ1v) is 9.22. The molecule has 1 aromatic carbocycles. The molecule has 1 aliphatic heterocycles. The first-order valence-electron chi connectivity index (χ1n) is 9.22. The minimum absolute atomic E-state index is 0.0519. The normalized spacial score (nSPS) is 16.8. The van der Waals surface area contributed by atoms with Gasteiger partial charge in [0.1, 0.15) is 11.5 Å². The molecule has 4 rings (SSSR count). The van der Waals surface area contributed by atoms with Gasteiger partial charge in [0, 0.05) is 30.6 Å². The van der Waals surface area contributed by atoms with E-state index in [9.17, 15) is 9.59 Å². The van der Waals surface area contributed by atoms with Gasteiger partial charge in [-0.1, -0.05) is 0 Å². The minimum Gasteiger partial charge on any atom is -0.497 e. The average Bonchev–Trinajstić information content (AvgIpc) is 3.23. The number of aromatic nitrogens is 2. The van der Waals surface area contributed by atoms with E-state index in [1.807, 2.05) is 24.3 Å². The number of rotatable bonds is 4. The van der Waals surface area contributed by atoms with Crippen LogP contribution < -0.4 is 10.3 Å². The maximum Gasteiger partial charge on any atom is 0.289 e. The number of H-pyrrole nitrogens is 1. The van der Waals surface area contributed by atoms with Gasteiger partial charge in [0.05, 0.1) is 19.1 Å². The lowest BCUT2D eigenvalue weighted by Gasteiger charge is -2.31. The number of piperidine rings is 1. The van der Waals surface area contributed by atoms with Gasteiger partial charge in [0.15, 0.2) is 5.76 Å². The van der Waals surface area contributed by atoms with E-state index in [4.69, 9.17) is 9.15 Å². The van der Waals surface area contributed by atoms with Gasteiger partial charge in [-0.2, -0.15) is 0 Å². The van der Waals surface area contributed by atoms with Crippen LogP contribution in [0.3, 0.4) is 0 Å². The Morgan fingerprint density at radius 1 is 1.25 bits per heavy atom. The van der Waals surface area contributed by atoms with Crippen molar-refractivity contribution in [2.75, 3.05) is 20.2 Å². The molecule has 1 atom stereocenters. The molecule has 3 aromatic rings. The number of benzene rings is 1. The lowest BCUT2D eigenvalue weighted by atomic mass is 9.94. The van der Waals surface area contributed by atoms with Crippen molar-refractivity contribution in [2.45, 2.75) is 18.8 Å². The number of ether oxygens (including phenoxy) is 1. The summed E-state index contributed by atoms with van der Waals surface area (Å²) in [5, 5.41) is 0. The van der Waals surface area contributed by atoms with Crippen molar-refractivity contribution in [1.82, 2.24) is 14.9 Å². The van der Waals surface area contributed by atoms with Crippen LogP contribution in [0.5, 0.6) is 5.75 Å². The van der Waals surface area contributed by atoms with E-state index in [0.29, 0.717) is 24.6 Å². The van der Waals surface area contributed by atoms with Crippen molar-refractivity contribution in [3.8, 4) is 17.1 Å². The number of furan rings is 1. The van der Waals surface area contributed by atoms with Crippen molar-refractivity contribution in [3.05, 3.63) is 70.6 Å². The third kappa shape index (κ3) is 3.69. The summed E-state index contributed by atoms with van der Waals surface area (Å²) in [4.78, 5) is 33.0. The average molecular weight is 379 g/mol. The van der Waals surface area contributed by atoms with Crippen LogP contribution >= 0.6 is 0 Å². The number of carbonyl (C=O) groups excluding carboxylic acids is 1. The standard InChI is InChI=1S/C21H21N3O4/c1-27-16-6-4-14(5-7-16)18-8-9-19(28-18)21(26)24-10-2-3-15(12-24)17-11-20(25)23-13-22-17/h4-9,11,13,15H,2-3,10,12H2,1H3,(H,22,23,25). The molecule has 0 radical (unpaired) electrons. The van der Waals surface area contributed by atoms with Gasteiger partial charge in [-0.15, -0.1) is 0 Å². The lowest BCUT2D eigenvalue weighted by molar-refractivity contribution is 0.0674. The summed E-state index contributed by atoms with van der Waals surface area (Å²) in [5.74, 6) is 1.62. The molecule has 0 aliphatic carbocycles. The quantitative estimate of drug-likeness (QED) is 0.753. The van der Waals surface area contributed by atoms with E-state index in [1.165, 1.54) is 12.4 Å². The van der Waals surface area contributed by atoms with Crippen LogP contribution in [0, 0.1) is 0 Å². The second-order valence-corrected chi connectivity index (χ2v) is 6.82. The molecular formula is C21H21N3O4. The summed E-state index contributed by atoms with van der Waals surface area (Å²) in [6.45, 7) is 1.19. The van der Waals surface area contributed by atoms with Crippen LogP contribution in [-0.2, 0) is 0 Å². The fraction of sp³-hybridized carbons (Fsp3) is 0.286. The second kappa shape index (κ2) is 7.72. The highest BCUT2D eigenvalue weighted by molar-refractivity contribution is 5.92. The summed E-state index contributed by atoms with van der Waals surface area (Å²) in [7, 11) is 1.62. The van der Waals surface area contributed by atoms with Crippen molar-refractivity contribution in [2.24, 2.45) is 0 Å². The predicted octanol–water partition coefficient (Wildman–Crippen LogP) is 3.06. The number of aromatic amines is 1. The fourth-order valence-corrected chi connectivity index (χ4v) is 3.53. The number of methoxy groups -OCH3 is 1. The molecule has 0 bridgehead atoms. The molecule has 1 fully saturated rings. The van der Waals surface area contributed by atoms with Gasteiger partial charge >= 0.3 is 0 Å². The number of nitrogens with one attached hydrogen (secondary N) is 1. The zero-order valence-electron chi connectivity index (χ0n) is 15.6. The highest BCUT2D eigenvalue weighted by atomic mass is 16.5. The van der Waals surface area contributed by atoms with E-state index in [1.54, 1.807) is 24.1 Å². The van der Waals surface area contributed by atoms with Gasteiger partial charge in [0.25, 0.3) is 11.5 Å². The Hall–Kier alpha value is -3.35. The maximum atomic E-state index is 12.9. The molecule has 0 saturated carbocycles. The van der Waals surface area contributed by atoms with Crippen LogP contribution in [0.4, 0.5) is 0 Å². The van der Waals surface area contributed by atoms with Crippen molar-refractivity contribution < 1.29 is 13.9 Å². The van der Waals surface area contributed by atoms with E-state index < -0.39 is 0 Å². The number of hydrogen-bond acceptors (Lipinski definition) is 5. The third-order valence-electron chi connectivity index (χ3n) is 5.02. The molecule has 1 amide bonds. The molecule has 7 heteroatoms. The van der Waals surface area contributed by atoms with Gasteiger partial charge in [-0.3, -0.25) is 9.59 Å². The Balaban J connectivity index is 1.49. The summed E-state index contributed by atoms with van der Waals surface area (Å²) in [6.07, 6.45) is 3.17. The number of likely N-dealkylation sites (tertiary alicyclic amines) is 1. The second-order valence-electron chi connectivity index (χ2n) is 6.82. The molecule has 3 heterocycles. The van der Waals surface area contributed by atoms with Gasteiger partial charge in [0.2, 0.25) is 0 Å². The topological polar surface area (TPSA) is 88.4 Å². The van der Waals surface area contributed by atoms with Gasteiger partial charge < -0.3 is 19.0 Å². The Morgan fingerprint density at radius 3 is 2.82 bits per heavy atom. The number of hydrogen-bond donors (Lipinski definition) is 1. The Morgan fingerprint density at radius 2 is 2.07 bits per heavy atom. The number of nitrogens with zero attached hydrogens (tertiary/aromatic N) is 2. The first kappa shape index (κ1) is 18.0. The van der Waals surface area contributed by atoms with Crippen LogP contribution in [0.2, 0.25) is 0 Å². The van der Waals surface area contributed by atoms with Crippen LogP contribution in [0.1, 0.15) is 35.0 Å². The third-order valence-corrected chi connectivity index (χ3v) is 5.02. The van der Waals surface area contributed by atoms with Gasteiger partial charge in [-0.25, -0.2) is 4.98 Å². The highest BCUT2D eigenvalue weighted by Crippen LogP contribution is 2.28. The fourth-order valence-electron chi connectivity index (χ4n) is 3.53. The molecule has 1 N–H and O–H groups in total. The van der Waals surface area contributed by atoms with E-state index >= 15 is 0 Å². The Kier molecular flexibility index (Phi) is 4.97. The van der Waals surface area contributed by atoms with E-state index in [2.05, 4.69) is 9.97 Å². The number of carbonyl (C=O) groups is 1. The monoisotopic (exact) mass is 379 g/mol.